The Bertz CT molecular complexity index is 1460. The molecule has 0 fully saturated rings. The van der Waals surface area contributed by atoms with E-state index in [0.29, 0.717) is 10.8 Å². The number of carbonyl (C=O) groups is 2. The van der Waals surface area contributed by atoms with Crippen LogP contribution >= 0.6 is 24.0 Å². The van der Waals surface area contributed by atoms with Gasteiger partial charge in [0.2, 0.25) is 5.91 Å². The Morgan fingerprint density at radius 1 is 0.789 bits per heavy atom. The topological polar surface area (TPSA) is 90.5 Å². The quantitative estimate of drug-likeness (QED) is 0.138. The lowest BCUT2D eigenvalue weighted by Gasteiger charge is -2.19. The third-order valence-electron chi connectivity index (χ3n) is 5.74. The summed E-state index contributed by atoms with van der Waals surface area (Å²) in [5.41, 5.74) is 5.04. The van der Waals surface area contributed by atoms with Gasteiger partial charge in [-0.1, -0.05) is 60.2 Å². The number of benzene rings is 4. The molecule has 0 heterocycles. The second kappa shape index (κ2) is 12.4. The van der Waals surface area contributed by atoms with E-state index >= 15 is 0 Å². The minimum atomic E-state index is -1.05. The van der Waals surface area contributed by atoms with Crippen LogP contribution in [0.15, 0.2) is 102 Å². The first-order chi connectivity index (χ1) is 18.3. The molecule has 4 aromatic rings. The second-order valence-electron chi connectivity index (χ2n) is 8.71. The van der Waals surface area contributed by atoms with Gasteiger partial charge in [0.15, 0.2) is 5.11 Å². The van der Waals surface area contributed by atoms with Crippen molar-refractivity contribution in [3.8, 4) is 0 Å². The van der Waals surface area contributed by atoms with Crippen LogP contribution in [-0.4, -0.2) is 22.1 Å². The van der Waals surface area contributed by atoms with Crippen molar-refractivity contribution in [2.45, 2.75) is 24.0 Å². The standard InChI is InChI=1S/C30H27N3O3S2/c1-19-11-15-23(16-12-19)31-30(37)32-24-9-6-10-25(18-24)38-27(21-7-4-3-5-8-21)28(34)33-26-17-22(29(35)36)14-13-20(26)2/h3-18,27H,1-2H3,(H,33,34)(H,35,36)(H2,31,32,37). The van der Waals surface area contributed by atoms with Gasteiger partial charge in [-0.2, -0.15) is 0 Å². The summed E-state index contributed by atoms with van der Waals surface area (Å²) in [6.45, 7) is 3.86. The van der Waals surface area contributed by atoms with Gasteiger partial charge in [-0.25, -0.2) is 4.79 Å². The molecule has 4 aromatic carbocycles. The van der Waals surface area contributed by atoms with Crippen LogP contribution in [0.4, 0.5) is 17.1 Å². The van der Waals surface area contributed by atoms with Gasteiger partial charge < -0.3 is 21.1 Å². The summed E-state index contributed by atoms with van der Waals surface area (Å²) in [7, 11) is 0. The van der Waals surface area contributed by atoms with Crippen molar-refractivity contribution in [1.29, 1.82) is 0 Å². The number of carboxylic acid groups (broad SMARTS) is 1. The first-order valence-corrected chi connectivity index (χ1v) is 13.2. The Labute approximate surface area is 231 Å². The molecule has 0 aliphatic carbocycles. The molecule has 192 valence electrons. The normalized spacial score (nSPS) is 11.3. The Morgan fingerprint density at radius 3 is 2.21 bits per heavy atom. The molecule has 4 N–H and O–H groups in total. The van der Waals surface area contributed by atoms with Crippen molar-refractivity contribution in [2.24, 2.45) is 0 Å². The number of carbonyl (C=O) groups excluding carboxylic acids is 1. The third kappa shape index (κ3) is 7.21. The fourth-order valence-electron chi connectivity index (χ4n) is 3.70. The van der Waals surface area contributed by atoms with Crippen LogP contribution in [-0.2, 0) is 4.79 Å². The van der Waals surface area contributed by atoms with Gasteiger partial charge in [-0.3, -0.25) is 4.79 Å². The van der Waals surface area contributed by atoms with Crippen LogP contribution in [0.2, 0.25) is 0 Å². The van der Waals surface area contributed by atoms with E-state index in [4.69, 9.17) is 12.2 Å². The van der Waals surface area contributed by atoms with Crippen LogP contribution in [0.3, 0.4) is 0 Å². The van der Waals surface area contributed by atoms with Crippen LogP contribution < -0.4 is 16.0 Å². The van der Waals surface area contributed by atoms with Gasteiger partial charge in [0.25, 0.3) is 0 Å². The summed E-state index contributed by atoms with van der Waals surface area (Å²) in [5.74, 6) is -1.30. The SMILES string of the molecule is Cc1ccc(NC(=S)Nc2cccc(SC(C(=O)Nc3cc(C(=O)O)ccc3C)c3ccccc3)c2)cc1. The number of carboxylic acids is 1. The molecule has 0 aromatic heterocycles. The Balaban J connectivity index is 1.52. The van der Waals surface area contributed by atoms with E-state index in [2.05, 4.69) is 16.0 Å². The number of aryl methyl sites for hydroxylation is 2. The summed E-state index contributed by atoms with van der Waals surface area (Å²) < 4.78 is 0. The molecule has 38 heavy (non-hydrogen) atoms. The lowest BCUT2D eigenvalue weighted by atomic mass is 10.1. The molecular formula is C30H27N3O3S2. The van der Waals surface area contributed by atoms with Gasteiger partial charge in [0, 0.05) is 22.0 Å². The molecule has 1 atom stereocenters. The van der Waals surface area contributed by atoms with E-state index in [1.165, 1.54) is 29.5 Å². The van der Waals surface area contributed by atoms with E-state index in [0.717, 1.165) is 27.4 Å². The number of thioether (sulfide) groups is 1. The number of thiocarbonyl (C=S) groups is 1. The predicted octanol–water partition coefficient (Wildman–Crippen LogP) is 7.28. The molecule has 0 aliphatic rings. The molecule has 0 saturated carbocycles. The number of amides is 1. The maximum Gasteiger partial charge on any atom is 0.335 e. The summed E-state index contributed by atoms with van der Waals surface area (Å²) in [6, 6.07) is 29.8. The van der Waals surface area contributed by atoms with Crippen molar-refractivity contribution < 1.29 is 14.7 Å². The number of hydrogen-bond donors (Lipinski definition) is 4. The molecule has 0 aliphatic heterocycles. The zero-order valence-electron chi connectivity index (χ0n) is 20.9. The van der Waals surface area contributed by atoms with Crippen molar-refractivity contribution in [1.82, 2.24) is 0 Å². The molecule has 8 heteroatoms. The predicted molar refractivity (Wildman–Crippen MR) is 159 cm³/mol. The van der Waals surface area contributed by atoms with Crippen molar-refractivity contribution >= 4 is 58.0 Å². The average Bonchev–Trinajstić information content (AvgIpc) is 2.90. The number of aromatic carboxylic acids is 1. The van der Waals surface area contributed by atoms with E-state index in [1.54, 1.807) is 6.07 Å². The van der Waals surface area contributed by atoms with Crippen molar-refractivity contribution in [3.05, 3.63) is 119 Å². The monoisotopic (exact) mass is 541 g/mol. The van der Waals surface area contributed by atoms with Crippen LogP contribution in [0, 0.1) is 13.8 Å². The Kier molecular flexibility index (Phi) is 8.78. The lowest BCUT2D eigenvalue weighted by molar-refractivity contribution is -0.115. The van der Waals surface area contributed by atoms with E-state index < -0.39 is 11.2 Å². The van der Waals surface area contributed by atoms with Gasteiger partial charge in [0.1, 0.15) is 5.25 Å². The average molecular weight is 542 g/mol. The zero-order chi connectivity index (χ0) is 27.1. The largest absolute Gasteiger partial charge is 0.478 e. The highest BCUT2D eigenvalue weighted by Crippen LogP contribution is 2.37. The molecular weight excluding hydrogens is 514 g/mol. The summed E-state index contributed by atoms with van der Waals surface area (Å²) in [6.07, 6.45) is 0. The van der Waals surface area contributed by atoms with Crippen LogP contribution in [0.25, 0.3) is 0 Å². The first kappa shape index (κ1) is 26.9. The van der Waals surface area contributed by atoms with Gasteiger partial charge in [-0.15, -0.1) is 11.8 Å². The lowest BCUT2D eigenvalue weighted by Crippen LogP contribution is -2.20. The maximum atomic E-state index is 13.5. The molecule has 0 radical (unpaired) electrons. The fraction of sp³-hybridized carbons (Fsp3) is 0.100. The van der Waals surface area contributed by atoms with E-state index in [1.807, 2.05) is 92.7 Å². The third-order valence-corrected chi connectivity index (χ3v) is 7.19. The minimum absolute atomic E-state index is 0.115. The van der Waals surface area contributed by atoms with E-state index in [-0.39, 0.29) is 11.5 Å². The summed E-state index contributed by atoms with van der Waals surface area (Å²) >= 11 is 6.88. The number of nitrogens with one attached hydrogen (secondary N) is 3. The van der Waals surface area contributed by atoms with Crippen molar-refractivity contribution in [2.75, 3.05) is 16.0 Å². The molecule has 0 spiro atoms. The molecule has 0 bridgehead atoms. The summed E-state index contributed by atoms with van der Waals surface area (Å²) in [5, 5.41) is 18.6. The first-order valence-electron chi connectivity index (χ1n) is 11.9. The van der Waals surface area contributed by atoms with Gasteiger partial charge in [0.05, 0.1) is 5.56 Å². The highest BCUT2D eigenvalue weighted by Gasteiger charge is 2.23. The minimum Gasteiger partial charge on any atom is -0.478 e. The molecule has 1 amide bonds. The Morgan fingerprint density at radius 2 is 1.50 bits per heavy atom. The molecule has 4 rings (SSSR count). The smallest absolute Gasteiger partial charge is 0.335 e. The van der Waals surface area contributed by atoms with E-state index in [9.17, 15) is 14.7 Å². The number of hydrogen-bond acceptors (Lipinski definition) is 4. The Hall–Kier alpha value is -4.14. The zero-order valence-corrected chi connectivity index (χ0v) is 22.5. The van der Waals surface area contributed by atoms with Gasteiger partial charge in [-0.05, 0) is 79.7 Å². The fourth-order valence-corrected chi connectivity index (χ4v) is 5.02. The number of rotatable bonds is 8. The molecule has 0 saturated heterocycles. The molecule has 1 unspecified atom stereocenters. The maximum absolute atomic E-state index is 13.5. The van der Waals surface area contributed by atoms with Gasteiger partial charge >= 0.3 is 5.97 Å². The highest BCUT2D eigenvalue weighted by molar-refractivity contribution is 8.00. The number of anilines is 3. The molecule has 6 nitrogen and oxygen atoms in total. The summed E-state index contributed by atoms with van der Waals surface area (Å²) in [4.78, 5) is 25.8. The van der Waals surface area contributed by atoms with Crippen molar-refractivity contribution in [3.63, 3.8) is 0 Å². The second-order valence-corrected chi connectivity index (χ2v) is 10.3. The van der Waals surface area contributed by atoms with Crippen LogP contribution in [0.5, 0.6) is 0 Å². The van der Waals surface area contributed by atoms with Crippen LogP contribution in [0.1, 0.15) is 32.3 Å². The highest BCUT2D eigenvalue weighted by atomic mass is 32.2.